The average Bonchev–Trinajstić information content (AvgIpc) is 2.18. The Morgan fingerprint density at radius 1 is 1.62 bits per heavy atom. The van der Waals surface area contributed by atoms with Crippen LogP contribution >= 0.6 is 11.8 Å². The lowest BCUT2D eigenvalue weighted by Gasteiger charge is -2.22. The van der Waals surface area contributed by atoms with Gasteiger partial charge < -0.3 is 5.32 Å². The minimum atomic E-state index is 0.402. The SMILES string of the molecule is CSc1ncc2c(n1)CCN[C@@H]2C. The molecule has 1 aliphatic rings. The highest BCUT2D eigenvalue weighted by Crippen LogP contribution is 2.21. The molecule has 1 N–H and O–H groups in total. The normalized spacial score (nSPS) is 21.2. The van der Waals surface area contributed by atoms with Gasteiger partial charge in [-0.3, -0.25) is 0 Å². The van der Waals surface area contributed by atoms with Crippen LogP contribution in [0.1, 0.15) is 24.2 Å². The molecule has 4 heteroatoms. The van der Waals surface area contributed by atoms with Crippen LogP contribution in [0.4, 0.5) is 0 Å². The number of hydrogen-bond donors (Lipinski definition) is 1. The molecule has 0 amide bonds. The van der Waals surface area contributed by atoms with Crippen LogP contribution in [-0.2, 0) is 6.42 Å². The van der Waals surface area contributed by atoms with Gasteiger partial charge in [0.1, 0.15) is 0 Å². The van der Waals surface area contributed by atoms with Gasteiger partial charge in [-0.25, -0.2) is 9.97 Å². The number of nitrogens with one attached hydrogen (secondary N) is 1. The second-order valence-corrected chi connectivity index (χ2v) is 3.96. The molecule has 0 fully saturated rings. The molecule has 0 bridgehead atoms. The molecule has 0 saturated carbocycles. The van der Waals surface area contributed by atoms with E-state index in [1.54, 1.807) is 11.8 Å². The van der Waals surface area contributed by atoms with Crippen molar-refractivity contribution < 1.29 is 0 Å². The molecule has 1 atom stereocenters. The zero-order valence-corrected chi connectivity index (χ0v) is 8.69. The third kappa shape index (κ3) is 1.69. The molecule has 1 aliphatic heterocycles. The maximum absolute atomic E-state index is 4.49. The van der Waals surface area contributed by atoms with E-state index in [9.17, 15) is 0 Å². The van der Waals surface area contributed by atoms with E-state index in [0.717, 1.165) is 18.1 Å². The molecular weight excluding hydrogens is 182 g/mol. The molecule has 1 aromatic rings. The molecule has 0 spiro atoms. The highest BCUT2D eigenvalue weighted by molar-refractivity contribution is 7.98. The topological polar surface area (TPSA) is 37.8 Å². The first kappa shape index (κ1) is 8.97. The van der Waals surface area contributed by atoms with Gasteiger partial charge in [-0.15, -0.1) is 0 Å². The number of nitrogens with zero attached hydrogens (tertiary/aromatic N) is 2. The van der Waals surface area contributed by atoms with Gasteiger partial charge in [0.05, 0.1) is 5.69 Å². The van der Waals surface area contributed by atoms with Crippen LogP contribution in [0.5, 0.6) is 0 Å². The Labute approximate surface area is 82.4 Å². The molecule has 0 aromatic carbocycles. The van der Waals surface area contributed by atoms with Crippen LogP contribution in [0.15, 0.2) is 11.4 Å². The smallest absolute Gasteiger partial charge is 0.187 e. The lowest BCUT2D eigenvalue weighted by molar-refractivity contribution is 0.524. The molecule has 70 valence electrons. The third-order valence-corrected chi connectivity index (χ3v) is 2.90. The van der Waals surface area contributed by atoms with Gasteiger partial charge in [0.15, 0.2) is 5.16 Å². The van der Waals surface area contributed by atoms with Crippen LogP contribution in [0.3, 0.4) is 0 Å². The van der Waals surface area contributed by atoms with Gasteiger partial charge in [0.2, 0.25) is 0 Å². The summed E-state index contributed by atoms with van der Waals surface area (Å²) in [6.07, 6.45) is 4.98. The summed E-state index contributed by atoms with van der Waals surface area (Å²) >= 11 is 1.60. The van der Waals surface area contributed by atoms with E-state index in [2.05, 4.69) is 22.2 Å². The summed E-state index contributed by atoms with van der Waals surface area (Å²) in [4.78, 5) is 8.77. The van der Waals surface area contributed by atoms with Crippen molar-refractivity contribution in [2.24, 2.45) is 0 Å². The Morgan fingerprint density at radius 3 is 3.23 bits per heavy atom. The Morgan fingerprint density at radius 2 is 2.46 bits per heavy atom. The summed E-state index contributed by atoms with van der Waals surface area (Å²) in [5, 5.41) is 4.27. The maximum atomic E-state index is 4.49. The second kappa shape index (κ2) is 3.64. The minimum Gasteiger partial charge on any atom is -0.310 e. The van der Waals surface area contributed by atoms with Crippen LogP contribution in [0.25, 0.3) is 0 Å². The van der Waals surface area contributed by atoms with Crippen molar-refractivity contribution in [1.82, 2.24) is 15.3 Å². The second-order valence-electron chi connectivity index (χ2n) is 3.18. The highest BCUT2D eigenvalue weighted by atomic mass is 32.2. The van der Waals surface area contributed by atoms with Crippen molar-refractivity contribution in [3.63, 3.8) is 0 Å². The molecule has 0 radical (unpaired) electrons. The minimum absolute atomic E-state index is 0.402. The molecule has 0 saturated heterocycles. The van der Waals surface area contributed by atoms with Gasteiger partial charge in [0, 0.05) is 30.8 Å². The fourth-order valence-corrected chi connectivity index (χ4v) is 1.95. The van der Waals surface area contributed by atoms with E-state index >= 15 is 0 Å². The first-order valence-electron chi connectivity index (χ1n) is 4.44. The highest BCUT2D eigenvalue weighted by Gasteiger charge is 2.17. The van der Waals surface area contributed by atoms with Gasteiger partial charge in [-0.1, -0.05) is 11.8 Å². The van der Waals surface area contributed by atoms with Crippen molar-refractivity contribution in [3.8, 4) is 0 Å². The molecule has 0 unspecified atom stereocenters. The molecule has 2 heterocycles. The number of rotatable bonds is 1. The Balaban J connectivity index is 2.39. The van der Waals surface area contributed by atoms with Crippen molar-refractivity contribution in [3.05, 3.63) is 17.5 Å². The van der Waals surface area contributed by atoms with Gasteiger partial charge >= 0.3 is 0 Å². The summed E-state index contributed by atoms with van der Waals surface area (Å²) in [5.41, 5.74) is 2.47. The van der Waals surface area contributed by atoms with Crippen molar-refractivity contribution in [2.75, 3.05) is 12.8 Å². The fraction of sp³-hybridized carbons (Fsp3) is 0.556. The lowest BCUT2D eigenvalue weighted by Crippen LogP contribution is -2.28. The zero-order valence-electron chi connectivity index (χ0n) is 7.87. The van der Waals surface area contributed by atoms with E-state index in [1.165, 1.54) is 11.3 Å². The Bertz CT molecular complexity index is 314. The van der Waals surface area contributed by atoms with E-state index in [4.69, 9.17) is 0 Å². The predicted octanol–water partition coefficient (Wildman–Crippen LogP) is 1.41. The van der Waals surface area contributed by atoms with Crippen LogP contribution in [0, 0.1) is 0 Å². The monoisotopic (exact) mass is 195 g/mol. The van der Waals surface area contributed by atoms with E-state index in [1.807, 2.05) is 12.5 Å². The van der Waals surface area contributed by atoms with Crippen molar-refractivity contribution in [1.29, 1.82) is 0 Å². The predicted molar refractivity (Wildman–Crippen MR) is 53.9 cm³/mol. The largest absolute Gasteiger partial charge is 0.310 e. The number of thioether (sulfide) groups is 1. The molecule has 0 aliphatic carbocycles. The standard InChI is InChI=1S/C9H13N3S/c1-6-7-5-11-9(13-2)12-8(7)3-4-10-6/h5-6,10H,3-4H2,1-2H3/t6-/m1/s1. The molecular formula is C9H13N3S. The van der Waals surface area contributed by atoms with Crippen molar-refractivity contribution >= 4 is 11.8 Å². The summed E-state index contributed by atoms with van der Waals surface area (Å²) in [6.45, 7) is 3.18. The Hall–Kier alpha value is -0.610. The summed E-state index contributed by atoms with van der Waals surface area (Å²) in [6, 6.07) is 0.402. The first-order chi connectivity index (χ1) is 6.31. The molecule has 3 nitrogen and oxygen atoms in total. The summed E-state index contributed by atoms with van der Waals surface area (Å²) < 4.78 is 0. The fourth-order valence-electron chi connectivity index (χ4n) is 1.59. The molecule has 13 heavy (non-hydrogen) atoms. The number of fused-ring (bicyclic) bond motifs is 1. The van der Waals surface area contributed by atoms with Gasteiger partial charge in [-0.05, 0) is 13.2 Å². The summed E-state index contributed by atoms with van der Waals surface area (Å²) in [5.74, 6) is 0. The molecule has 1 aromatic heterocycles. The van der Waals surface area contributed by atoms with Crippen molar-refractivity contribution in [2.45, 2.75) is 24.5 Å². The van der Waals surface area contributed by atoms with Crippen LogP contribution in [0.2, 0.25) is 0 Å². The van der Waals surface area contributed by atoms with Crippen LogP contribution < -0.4 is 5.32 Å². The summed E-state index contributed by atoms with van der Waals surface area (Å²) in [7, 11) is 0. The van der Waals surface area contributed by atoms with Crippen LogP contribution in [-0.4, -0.2) is 22.8 Å². The van der Waals surface area contributed by atoms with E-state index < -0.39 is 0 Å². The Kier molecular flexibility index (Phi) is 2.51. The lowest BCUT2D eigenvalue weighted by atomic mass is 10.0. The average molecular weight is 195 g/mol. The number of hydrogen-bond acceptors (Lipinski definition) is 4. The van der Waals surface area contributed by atoms with Gasteiger partial charge in [0.25, 0.3) is 0 Å². The first-order valence-corrected chi connectivity index (χ1v) is 5.67. The maximum Gasteiger partial charge on any atom is 0.187 e. The third-order valence-electron chi connectivity index (χ3n) is 2.34. The van der Waals surface area contributed by atoms with E-state index in [-0.39, 0.29) is 0 Å². The molecule has 2 rings (SSSR count). The van der Waals surface area contributed by atoms with Gasteiger partial charge in [-0.2, -0.15) is 0 Å². The quantitative estimate of drug-likeness (QED) is 0.543. The zero-order chi connectivity index (χ0) is 9.26. The van der Waals surface area contributed by atoms with E-state index in [0.29, 0.717) is 6.04 Å². The number of aromatic nitrogens is 2.